The van der Waals surface area contributed by atoms with Gasteiger partial charge in [0.25, 0.3) is 0 Å². The number of amides is 1. The maximum atomic E-state index is 12.1. The number of aliphatic hydroxyl groups is 1. The third kappa shape index (κ3) is 2.70. The van der Waals surface area contributed by atoms with Crippen molar-refractivity contribution in [2.45, 2.75) is 38.8 Å². The summed E-state index contributed by atoms with van der Waals surface area (Å²) < 4.78 is 7.04. The average molecular weight is 268 g/mol. The molecule has 2 heterocycles. The summed E-state index contributed by atoms with van der Waals surface area (Å²) >= 11 is 0. The number of hydrogen-bond acceptors (Lipinski definition) is 5. The predicted molar refractivity (Wildman–Crippen MR) is 67.5 cm³/mol. The molecule has 1 aliphatic rings. The monoisotopic (exact) mass is 268 g/mol. The van der Waals surface area contributed by atoms with Gasteiger partial charge >= 0.3 is 6.09 Å². The zero-order chi connectivity index (χ0) is 14.2. The summed E-state index contributed by atoms with van der Waals surface area (Å²) in [6.45, 7) is 5.75. The molecule has 0 fully saturated rings. The molecule has 0 aliphatic carbocycles. The van der Waals surface area contributed by atoms with Crippen molar-refractivity contribution in [1.82, 2.24) is 19.9 Å². The minimum absolute atomic E-state index is 0.190. The van der Waals surface area contributed by atoms with E-state index in [1.807, 2.05) is 27.8 Å². The molecule has 2 rings (SSSR count). The van der Waals surface area contributed by atoms with Crippen LogP contribution in [0.1, 0.15) is 38.2 Å². The smallest absolute Gasteiger partial charge is 0.410 e. The normalized spacial score (nSPS) is 19.2. The van der Waals surface area contributed by atoms with Gasteiger partial charge in [-0.15, -0.1) is 5.10 Å². The second kappa shape index (κ2) is 4.80. The van der Waals surface area contributed by atoms with Gasteiger partial charge in [0.1, 0.15) is 17.3 Å². The van der Waals surface area contributed by atoms with E-state index in [0.717, 1.165) is 5.69 Å². The van der Waals surface area contributed by atoms with E-state index in [4.69, 9.17) is 4.74 Å². The van der Waals surface area contributed by atoms with Crippen LogP contribution in [0.3, 0.4) is 0 Å². The molecule has 0 bridgehead atoms. The second-order valence-electron chi connectivity index (χ2n) is 5.67. The van der Waals surface area contributed by atoms with Crippen LogP contribution in [0.4, 0.5) is 4.79 Å². The summed E-state index contributed by atoms with van der Waals surface area (Å²) in [5, 5.41) is 17.5. The minimum Gasteiger partial charge on any atom is -0.444 e. The van der Waals surface area contributed by atoms with Crippen LogP contribution in [-0.4, -0.2) is 49.8 Å². The van der Waals surface area contributed by atoms with Gasteiger partial charge in [0.15, 0.2) is 0 Å². The molecule has 0 aromatic carbocycles. The SMILES string of the molecule is Cn1nnc2c1CCN(C(=O)OC(C)(C)C)[C@H]2CO. The summed E-state index contributed by atoms with van der Waals surface area (Å²) in [4.78, 5) is 13.7. The standard InChI is InChI=1S/C12H20N4O3/c1-12(2,3)19-11(18)16-6-5-8-10(9(16)7-17)13-14-15(8)4/h9,17H,5-7H2,1-4H3/t9-/m0/s1. The first-order chi connectivity index (χ1) is 8.83. The molecule has 7 heteroatoms. The van der Waals surface area contributed by atoms with Crippen molar-refractivity contribution >= 4 is 6.09 Å². The van der Waals surface area contributed by atoms with Crippen LogP contribution in [0.5, 0.6) is 0 Å². The molecule has 1 atom stereocenters. The molecular weight excluding hydrogens is 248 g/mol. The van der Waals surface area contributed by atoms with Crippen LogP contribution in [0.25, 0.3) is 0 Å². The predicted octanol–water partition coefficient (Wildman–Crippen LogP) is 0.642. The molecule has 0 spiro atoms. The maximum absolute atomic E-state index is 12.1. The van der Waals surface area contributed by atoms with Gasteiger partial charge in [0, 0.05) is 20.0 Å². The second-order valence-corrected chi connectivity index (χ2v) is 5.67. The van der Waals surface area contributed by atoms with E-state index in [1.54, 1.807) is 4.68 Å². The molecule has 0 unspecified atom stereocenters. The van der Waals surface area contributed by atoms with Gasteiger partial charge in [0.05, 0.1) is 12.3 Å². The number of aryl methyl sites for hydroxylation is 1. The van der Waals surface area contributed by atoms with Crippen molar-refractivity contribution in [3.63, 3.8) is 0 Å². The molecule has 106 valence electrons. The Morgan fingerprint density at radius 3 is 2.79 bits per heavy atom. The Kier molecular flexibility index (Phi) is 3.49. The van der Waals surface area contributed by atoms with Crippen molar-refractivity contribution in [3.05, 3.63) is 11.4 Å². The lowest BCUT2D eigenvalue weighted by molar-refractivity contribution is 0.00614. The lowest BCUT2D eigenvalue weighted by atomic mass is 10.0. The van der Waals surface area contributed by atoms with E-state index in [0.29, 0.717) is 18.7 Å². The van der Waals surface area contributed by atoms with E-state index in [9.17, 15) is 9.90 Å². The molecule has 0 saturated carbocycles. The quantitative estimate of drug-likeness (QED) is 0.808. The summed E-state index contributed by atoms with van der Waals surface area (Å²) in [6, 6.07) is -0.479. The molecule has 1 amide bonds. The van der Waals surface area contributed by atoms with Crippen LogP contribution >= 0.6 is 0 Å². The number of aromatic nitrogens is 3. The summed E-state index contributed by atoms with van der Waals surface area (Å²) in [7, 11) is 1.81. The first kappa shape index (κ1) is 13.8. The van der Waals surface area contributed by atoms with Gasteiger partial charge < -0.3 is 9.84 Å². The topological polar surface area (TPSA) is 80.5 Å². The molecule has 1 aromatic heterocycles. The minimum atomic E-state index is -0.556. The number of fused-ring (bicyclic) bond motifs is 1. The number of hydrogen-bond donors (Lipinski definition) is 1. The lowest BCUT2D eigenvalue weighted by Crippen LogP contribution is -2.44. The van der Waals surface area contributed by atoms with Crippen LogP contribution in [-0.2, 0) is 18.2 Å². The fourth-order valence-corrected chi connectivity index (χ4v) is 2.20. The van der Waals surface area contributed by atoms with Crippen LogP contribution in [0.15, 0.2) is 0 Å². The van der Waals surface area contributed by atoms with E-state index in [1.165, 1.54) is 4.90 Å². The Balaban J connectivity index is 2.22. The highest BCUT2D eigenvalue weighted by Crippen LogP contribution is 2.28. The first-order valence-corrected chi connectivity index (χ1v) is 6.32. The number of rotatable bonds is 1. The van der Waals surface area contributed by atoms with Crippen LogP contribution in [0.2, 0.25) is 0 Å². The molecule has 7 nitrogen and oxygen atoms in total. The molecule has 19 heavy (non-hydrogen) atoms. The van der Waals surface area contributed by atoms with Crippen molar-refractivity contribution in [1.29, 1.82) is 0 Å². The maximum Gasteiger partial charge on any atom is 0.410 e. The highest BCUT2D eigenvalue weighted by atomic mass is 16.6. The molecule has 0 saturated heterocycles. The molecule has 1 N–H and O–H groups in total. The zero-order valence-corrected chi connectivity index (χ0v) is 11.8. The highest BCUT2D eigenvalue weighted by molar-refractivity contribution is 5.69. The summed E-state index contributed by atoms with van der Waals surface area (Å²) in [5.74, 6) is 0. The Morgan fingerprint density at radius 1 is 1.53 bits per heavy atom. The van der Waals surface area contributed by atoms with E-state index >= 15 is 0 Å². The van der Waals surface area contributed by atoms with Crippen LogP contribution < -0.4 is 0 Å². The fraction of sp³-hybridized carbons (Fsp3) is 0.750. The third-order valence-electron chi connectivity index (χ3n) is 3.06. The van der Waals surface area contributed by atoms with Crippen LogP contribution in [0, 0.1) is 0 Å². The summed E-state index contributed by atoms with van der Waals surface area (Å²) in [5.41, 5.74) is 1.06. The van der Waals surface area contributed by atoms with Crippen molar-refractivity contribution in [2.24, 2.45) is 7.05 Å². The fourth-order valence-electron chi connectivity index (χ4n) is 2.20. The van der Waals surface area contributed by atoms with E-state index in [2.05, 4.69) is 10.3 Å². The Morgan fingerprint density at radius 2 is 2.21 bits per heavy atom. The van der Waals surface area contributed by atoms with Crippen molar-refractivity contribution < 1.29 is 14.6 Å². The first-order valence-electron chi connectivity index (χ1n) is 6.32. The molecular formula is C12H20N4O3. The van der Waals surface area contributed by atoms with Crippen molar-refractivity contribution in [2.75, 3.05) is 13.2 Å². The van der Waals surface area contributed by atoms with Gasteiger partial charge in [-0.2, -0.15) is 0 Å². The van der Waals surface area contributed by atoms with E-state index in [-0.39, 0.29) is 6.61 Å². The van der Waals surface area contributed by atoms with Gasteiger partial charge in [-0.05, 0) is 20.8 Å². The molecule has 1 aromatic rings. The summed E-state index contributed by atoms with van der Waals surface area (Å²) in [6.07, 6.45) is 0.233. The lowest BCUT2D eigenvalue weighted by Gasteiger charge is -2.34. The number of carbonyl (C=O) groups is 1. The number of ether oxygens (including phenoxy) is 1. The van der Waals surface area contributed by atoms with E-state index < -0.39 is 17.7 Å². The molecule has 1 aliphatic heterocycles. The van der Waals surface area contributed by atoms with Crippen molar-refractivity contribution in [3.8, 4) is 0 Å². The largest absolute Gasteiger partial charge is 0.444 e. The highest BCUT2D eigenvalue weighted by Gasteiger charge is 2.36. The Bertz CT molecular complexity index is 478. The molecule has 0 radical (unpaired) electrons. The Hall–Kier alpha value is -1.63. The van der Waals surface area contributed by atoms with Gasteiger partial charge in [0.2, 0.25) is 0 Å². The number of nitrogens with zero attached hydrogens (tertiary/aromatic N) is 4. The third-order valence-corrected chi connectivity index (χ3v) is 3.06. The van der Waals surface area contributed by atoms with Gasteiger partial charge in [-0.1, -0.05) is 5.21 Å². The van der Waals surface area contributed by atoms with Gasteiger partial charge in [-0.25, -0.2) is 4.79 Å². The number of aliphatic hydroxyl groups excluding tert-OH is 1. The zero-order valence-electron chi connectivity index (χ0n) is 11.8. The Labute approximate surface area is 112 Å². The number of carbonyl (C=O) groups excluding carboxylic acids is 1. The van der Waals surface area contributed by atoms with Gasteiger partial charge in [-0.3, -0.25) is 9.58 Å². The average Bonchev–Trinajstić information content (AvgIpc) is 2.68.